The van der Waals surface area contributed by atoms with Crippen LogP contribution in [0.3, 0.4) is 0 Å². The van der Waals surface area contributed by atoms with E-state index in [9.17, 15) is 4.57 Å². The lowest BCUT2D eigenvalue weighted by Gasteiger charge is -2.28. The fourth-order valence-electron chi connectivity index (χ4n) is 2.65. The van der Waals surface area contributed by atoms with Crippen molar-refractivity contribution in [3.63, 3.8) is 0 Å². The van der Waals surface area contributed by atoms with Gasteiger partial charge < -0.3 is 14.4 Å². The third-order valence-corrected chi connectivity index (χ3v) is 6.23. The topological polar surface area (TPSA) is 47.6 Å². The van der Waals surface area contributed by atoms with E-state index in [-0.39, 0.29) is 0 Å². The number of anilines is 1. The highest BCUT2D eigenvalue weighted by molar-refractivity contribution is 7.54. The van der Waals surface area contributed by atoms with Gasteiger partial charge in [-0.05, 0) is 43.0 Å². The first kappa shape index (κ1) is 19.7. The van der Waals surface area contributed by atoms with Gasteiger partial charge in [-0.15, -0.1) is 0 Å². The van der Waals surface area contributed by atoms with E-state index in [1.165, 1.54) is 5.56 Å². The minimum Gasteiger partial charge on any atom is -0.368 e. The van der Waals surface area contributed by atoms with Gasteiger partial charge in [-0.2, -0.15) is 0 Å². The number of benzene rings is 2. The summed E-state index contributed by atoms with van der Waals surface area (Å²) in [6.07, 6.45) is 0. The van der Waals surface area contributed by atoms with Crippen LogP contribution in [0.25, 0.3) is 0 Å². The molecule has 2 aromatic carbocycles. The van der Waals surface area contributed by atoms with Gasteiger partial charge in [0.2, 0.25) is 0 Å². The molecule has 0 spiro atoms. The first-order chi connectivity index (χ1) is 12.0. The second-order valence-electron chi connectivity index (χ2n) is 6.11. The Kier molecular flexibility index (Phi) is 7.24. The van der Waals surface area contributed by atoms with Gasteiger partial charge in [-0.25, -0.2) is 0 Å². The summed E-state index contributed by atoms with van der Waals surface area (Å²) in [7, 11) is -3.37. The molecule has 0 aliphatic carbocycles. The van der Waals surface area contributed by atoms with E-state index < -0.39 is 13.4 Å². The van der Waals surface area contributed by atoms with Gasteiger partial charge >= 0.3 is 7.60 Å². The van der Waals surface area contributed by atoms with Crippen LogP contribution >= 0.6 is 7.60 Å². The second-order valence-corrected chi connectivity index (χ2v) is 8.22. The minimum absolute atomic E-state index is 0.328. The van der Waals surface area contributed by atoms with Gasteiger partial charge in [0.1, 0.15) is 0 Å². The summed E-state index contributed by atoms with van der Waals surface area (Å²) in [4.78, 5) is 0. The molecule has 5 heteroatoms. The van der Waals surface area contributed by atoms with E-state index in [4.69, 9.17) is 9.05 Å². The molecule has 0 fully saturated rings. The third kappa shape index (κ3) is 5.18. The molecule has 136 valence electrons. The van der Waals surface area contributed by atoms with Crippen LogP contribution in [0, 0.1) is 0 Å². The molecule has 1 unspecified atom stereocenters. The maximum absolute atomic E-state index is 13.4. The smallest absolute Gasteiger partial charge is 0.357 e. The molecule has 4 nitrogen and oxygen atoms in total. The van der Waals surface area contributed by atoms with E-state index in [0.29, 0.717) is 19.1 Å². The van der Waals surface area contributed by atoms with E-state index in [0.717, 1.165) is 11.3 Å². The van der Waals surface area contributed by atoms with Crippen LogP contribution in [0.2, 0.25) is 0 Å². The second kappa shape index (κ2) is 9.19. The van der Waals surface area contributed by atoms with Crippen molar-refractivity contribution in [2.45, 2.75) is 39.4 Å². The van der Waals surface area contributed by atoms with Gasteiger partial charge in [-0.3, -0.25) is 4.57 Å². The summed E-state index contributed by atoms with van der Waals surface area (Å²) < 4.78 is 24.6. The van der Waals surface area contributed by atoms with Crippen molar-refractivity contribution < 1.29 is 13.6 Å². The first-order valence-corrected chi connectivity index (χ1v) is 10.4. The Morgan fingerprint density at radius 2 is 1.40 bits per heavy atom. The van der Waals surface area contributed by atoms with E-state index >= 15 is 0 Å². The summed E-state index contributed by atoms with van der Waals surface area (Å²) in [5, 5.41) is 3.34. The lowest BCUT2D eigenvalue weighted by atomic mass is 10.0. The SMILES string of the molecule is CCOP(=O)(OCC)C(Nc1ccccc1)c1ccc(C(C)C)cc1. The van der Waals surface area contributed by atoms with Crippen LogP contribution in [-0.2, 0) is 13.6 Å². The number of para-hydroxylation sites is 1. The normalized spacial score (nSPS) is 13.0. The minimum atomic E-state index is -3.37. The molecule has 0 aromatic heterocycles. The molecule has 0 saturated carbocycles. The molecule has 0 aliphatic heterocycles. The number of nitrogens with one attached hydrogen (secondary N) is 1. The molecule has 0 saturated heterocycles. The first-order valence-electron chi connectivity index (χ1n) is 8.80. The molecule has 0 aliphatic rings. The molecule has 0 bridgehead atoms. The molecule has 0 radical (unpaired) electrons. The van der Waals surface area contributed by atoms with Crippen molar-refractivity contribution in [1.82, 2.24) is 0 Å². The fourth-order valence-corrected chi connectivity index (χ4v) is 4.58. The third-order valence-electron chi connectivity index (χ3n) is 3.93. The summed E-state index contributed by atoms with van der Waals surface area (Å²) in [5.41, 5.74) is 3.00. The zero-order chi connectivity index (χ0) is 18.3. The Bertz CT molecular complexity index is 676. The lowest BCUT2D eigenvalue weighted by Crippen LogP contribution is -2.15. The predicted octanol–water partition coefficient (Wildman–Crippen LogP) is 6.19. The maximum atomic E-state index is 13.4. The van der Waals surface area contributed by atoms with Crippen molar-refractivity contribution in [2.24, 2.45) is 0 Å². The van der Waals surface area contributed by atoms with Crippen LogP contribution in [0.15, 0.2) is 54.6 Å². The fraction of sp³-hybridized carbons (Fsp3) is 0.400. The summed E-state index contributed by atoms with van der Waals surface area (Å²) >= 11 is 0. The molecular formula is C20H28NO3P. The average Bonchev–Trinajstić information content (AvgIpc) is 2.61. The molecule has 0 heterocycles. The van der Waals surface area contributed by atoms with Crippen LogP contribution in [0.1, 0.15) is 50.5 Å². The highest BCUT2D eigenvalue weighted by Crippen LogP contribution is 2.60. The number of rotatable bonds is 9. The van der Waals surface area contributed by atoms with Crippen molar-refractivity contribution in [3.8, 4) is 0 Å². The molecule has 2 aromatic rings. The van der Waals surface area contributed by atoms with Gasteiger partial charge in [0.25, 0.3) is 0 Å². The quantitative estimate of drug-likeness (QED) is 0.541. The molecule has 1 N–H and O–H groups in total. The Morgan fingerprint density at radius 1 is 0.880 bits per heavy atom. The van der Waals surface area contributed by atoms with Gasteiger partial charge in [0.05, 0.1) is 13.2 Å². The van der Waals surface area contributed by atoms with Crippen LogP contribution in [0.4, 0.5) is 5.69 Å². The molecule has 1 atom stereocenters. The van der Waals surface area contributed by atoms with Crippen molar-refractivity contribution >= 4 is 13.3 Å². The Hall–Kier alpha value is -1.61. The monoisotopic (exact) mass is 361 g/mol. The van der Waals surface area contributed by atoms with E-state index in [2.05, 4.69) is 31.3 Å². The molecule has 2 rings (SSSR count). The van der Waals surface area contributed by atoms with Gasteiger partial charge in [0.15, 0.2) is 5.78 Å². The van der Waals surface area contributed by atoms with Crippen LogP contribution in [0.5, 0.6) is 0 Å². The largest absolute Gasteiger partial charge is 0.368 e. The average molecular weight is 361 g/mol. The summed E-state index contributed by atoms with van der Waals surface area (Å²) in [6.45, 7) is 8.61. The van der Waals surface area contributed by atoms with Gasteiger partial charge in [-0.1, -0.05) is 56.3 Å². The van der Waals surface area contributed by atoms with Gasteiger partial charge in [0, 0.05) is 5.69 Å². The zero-order valence-electron chi connectivity index (χ0n) is 15.4. The van der Waals surface area contributed by atoms with Crippen molar-refractivity contribution in [3.05, 3.63) is 65.7 Å². The van der Waals surface area contributed by atoms with E-state index in [1.807, 2.05) is 56.3 Å². The predicted molar refractivity (Wildman–Crippen MR) is 104 cm³/mol. The Morgan fingerprint density at radius 3 is 1.88 bits per heavy atom. The van der Waals surface area contributed by atoms with Crippen LogP contribution < -0.4 is 5.32 Å². The zero-order valence-corrected chi connectivity index (χ0v) is 16.3. The standard InChI is InChI=1S/C20H28NO3P/c1-5-23-25(22,24-6-2)20(21-19-10-8-7-9-11-19)18-14-12-17(13-15-18)16(3)4/h7-16,20-21H,5-6H2,1-4H3. The van der Waals surface area contributed by atoms with Crippen molar-refractivity contribution in [1.29, 1.82) is 0 Å². The molecule has 25 heavy (non-hydrogen) atoms. The van der Waals surface area contributed by atoms with Crippen LogP contribution in [-0.4, -0.2) is 13.2 Å². The Labute approximate surface area is 151 Å². The lowest BCUT2D eigenvalue weighted by molar-refractivity contribution is 0.214. The molecular weight excluding hydrogens is 333 g/mol. The molecule has 0 amide bonds. The Balaban J connectivity index is 2.41. The maximum Gasteiger partial charge on any atom is 0.357 e. The number of hydrogen-bond acceptors (Lipinski definition) is 4. The number of hydrogen-bond donors (Lipinski definition) is 1. The van der Waals surface area contributed by atoms with Crippen molar-refractivity contribution in [2.75, 3.05) is 18.5 Å². The highest BCUT2D eigenvalue weighted by atomic mass is 31.2. The van der Waals surface area contributed by atoms with E-state index in [1.54, 1.807) is 0 Å². The summed E-state index contributed by atoms with van der Waals surface area (Å²) in [5.74, 6) is -0.115. The summed E-state index contributed by atoms with van der Waals surface area (Å²) in [6, 6.07) is 17.9. The highest BCUT2D eigenvalue weighted by Gasteiger charge is 2.37.